The second-order valence-corrected chi connectivity index (χ2v) is 6.72. The molecular formula is C20H16ClF2N3. The largest absolute Gasteiger partial charge is 0.313 e. The molecule has 4 rings (SSSR count). The van der Waals surface area contributed by atoms with Gasteiger partial charge in [-0.2, -0.15) is 10.2 Å². The van der Waals surface area contributed by atoms with Crippen molar-refractivity contribution in [2.75, 3.05) is 6.54 Å². The molecule has 0 fully saturated rings. The topological polar surface area (TPSA) is 37.8 Å². The van der Waals surface area contributed by atoms with E-state index in [4.69, 9.17) is 11.6 Å². The van der Waals surface area contributed by atoms with Gasteiger partial charge in [-0.25, -0.2) is 8.78 Å². The Balaban J connectivity index is 1.84. The minimum absolute atomic E-state index is 0.234. The monoisotopic (exact) mass is 371 g/mol. The van der Waals surface area contributed by atoms with Crippen molar-refractivity contribution in [1.29, 1.82) is 0 Å². The number of rotatable bonds is 2. The lowest BCUT2D eigenvalue weighted by atomic mass is 9.85. The minimum Gasteiger partial charge on any atom is -0.313 e. The Bertz CT molecular complexity index is 947. The fraction of sp³-hybridized carbons (Fsp3) is 0.200. The zero-order valence-corrected chi connectivity index (χ0v) is 14.6. The minimum atomic E-state index is -0.367. The van der Waals surface area contributed by atoms with Gasteiger partial charge in [-0.05, 0) is 54.4 Å². The molecular weight excluding hydrogens is 356 g/mol. The molecule has 0 bridgehead atoms. The first-order valence-corrected chi connectivity index (χ1v) is 8.78. The van der Waals surface area contributed by atoms with Crippen molar-refractivity contribution in [2.45, 2.75) is 18.9 Å². The zero-order chi connectivity index (χ0) is 18.1. The van der Waals surface area contributed by atoms with E-state index in [2.05, 4.69) is 15.5 Å². The van der Waals surface area contributed by atoms with Crippen LogP contribution in [0.1, 0.15) is 29.0 Å². The van der Waals surface area contributed by atoms with E-state index in [0.29, 0.717) is 46.9 Å². The molecule has 1 N–H and O–H groups in total. The number of halogens is 3. The van der Waals surface area contributed by atoms with Gasteiger partial charge in [-0.1, -0.05) is 23.7 Å². The van der Waals surface area contributed by atoms with Gasteiger partial charge in [0.2, 0.25) is 0 Å². The molecule has 1 aromatic heterocycles. The lowest BCUT2D eigenvalue weighted by Crippen LogP contribution is -2.13. The van der Waals surface area contributed by atoms with E-state index in [1.807, 2.05) is 6.07 Å². The second kappa shape index (κ2) is 7.09. The van der Waals surface area contributed by atoms with Crippen molar-refractivity contribution in [1.82, 2.24) is 15.5 Å². The van der Waals surface area contributed by atoms with E-state index in [1.165, 1.54) is 6.07 Å². The highest BCUT2D eigenvalue weighted by atomic mass is 35.5. The van der Waals surface area contributed by atoms with Crippen molar-refractivity contribution < 1.29 is 8.78 Å². The zero-order valence-electron chi connectivity index (χ0n) is 13.8. The molecule has 3 nitrogen and oxygen atoms in total. The normalized spacial score (nSPS) is 16.8. The van der Waals surface area contributed by atoms with Crippen LogP contribution in [0, 0.1) is 11.6 Å². The summed E-state index contributed by atoms with van der Waals surface area (Å²) in [7, 11) is 0. The van der Waals surface area contributed by atoms with Crippen LogP contribution in [0.4, 0.5) is 8.78 Å². The molecule has 0 amide bonds. The van der Waals surface area contributed by atoms with Gasteiger partial charge in [0.1, 0.15) is 11.6 Å². The number of hydrogen-bond donors (Lipinski definition) is 1. The smallest absolute Gasteiger partial charge is 0.137 e. The molecule has 0 radical (unpaired) electrons. The van der Waals surface area contributed by atoms with Crippen LogP contribution in [0.25, 0.3) is 11.3 Å². The summed E-state index contributed by atoms with van der Waals surface area (Å²) in [6.07, 6.45) is 2.22. The average molecular weight is 372 g/mol. The van der Waals surface area contributed by atoms with Gasteiger partial charge in [0.15, 0.2) is 0 Å². The van der Waals surface area contributed by atoms with E-state index >= 15 is 4.39 Å². The Hall–Kier alpha value is -2.37. The van der Waals surface area contributed by atoms with E-state index < -0.39 is 0 Å². The summed E-state index contributed by atoms with van der Waals surface area (Å²) in [6, 6.07) is 11.7. The average Bonchev–Trinajstić information content (AvgIpc) is 2.86. The molecule has 2 aromatic carbocycles. The molecule has 26 heavy (non-hydrogen) atoms. The number of aromatic nitrogens is 2. The maximum Gasteiger partial charge on any atom is 0.137 e. The number of hydrogen-bond acceptors (Lipinski definition) is 3. The molecule has 0 aliphatic carbocycles. The van der Waals surface area contributed by atoms with Crippen molar-refractivity contribution in [3.63, 3.8) is 0 Å². The van der Waals surface area contributed by atoms with Crippen molar-refractivity contribution in [2.24, 2.45) is 0 Å². The van der Waals surface area contributed by atoms with E-state index in [1.54, 1.807) is 36.5 Å². The summed E-state index contributed by atoms with van der Waals surface area (Å²) < 4.78 is 29.7. The molecule has 1 unspecified atom stereocenters. The fourth-order valence-electron chi connectivity index (χ4n) is 3.51. The maximum absolute atomic E-state index is 15.3. The van der Waals surface area contributed by atoms with E-state index in [9.17, 15) is 4.39 Å². The predicted molar refractivity (Wildman–Crippen MR) is 97.0 cm³/mol. The molecule has 0 spiro atoms. The Kier molecular flexibility index (Phi) is 4.66. The summed E-state index contributed by atoms with van der Waals surface area (Å²) >= 11 is 5.88. The van der Waals surface area contributed by atoms with Crippen molar-refractivity contribution >= 4 is 11.6 Å². The Morgan fingerprint density at radius 1 is 1.08 bits per heavy atom. The van der Waals surface area contributed by atoms with Crippen LogP contribution in [0.5, 0.6) is 0 Å². The molecule has 2 heterocycles. The first-order valence-electron chi connectivity index (χ1n) is 8.40. The van der Waals surface area contributed by atoms with Gasteiger partial charge < -0.3 is 5.32 Å². The molecule has 0 saturated carbocycles. The molecule has 1 aliphatic rings. The highest BCUT2D eigenvalue weighted by Crippen LogP contribution is 2.37. The van der Waals surface area contributed by atoms with Crippen LogP contribution in [0.15, 0.2) is 48.7 Å². The first-order chi connectivity index (χ1) is 12.6. The van der Waals surface area contributed by atoms with E-state index in [-0.39, 0.29) is 17.6 Å². The maximum atomic E-state index is 15.3. The summed E-state index contributed by atoms with van der Waals surface area (Å²) in [5.41, 5.74) is 2.75. The molecule has 1 atom stereocenters. The quantitative estimate of drug-likeness (QED) is 0.709. The van der Waals surface area contributed by atoms with E-state index in [0.717, 1.165) is 5.56 Å². The van der Waals surface area contributed by atoms with Crippen LogP contribution in [0.2, 0.25) is 5.02 Å². The Morgan fingerprint density at radius 2 is 1.92 bits per heavy atom. The number of fused-ring (bicyclic) bond motifs is 1. The van der Waals surface area contributed by atoms with Crippen molar-refractivity contribution in [3.05, 3.63) is 82.0 Å². The van der Waals surface area contributed by atoms with Crippen LogP contribution in [0.3, 0.4) is 0 Å². The van der Waals surface area contributed by atoms with Crippen LogP contribution in [-0.2, 0) is 6.54 Å². The van der Waals surface area contributed by atoms with Crippen molar-refractivity contribution in [3.8, 4) is 11.3 Å². The molecule has 6 heteroatoms. The SMILES string of the molecule is Fc1cc(Cl)ccc1C1CCNCc2c1ccc(-c1cccnn1)c2F. The lowest BCUT2D eigenvalue weighted by Gasteiger charge is -2.20. The van der Waals surface area contributed by atoms with Gasteiger partial charge in [0.25, 0.3) is 0 Å². The highest BCUT2D eigenvalue weighted by molar-refractivity contribution is 6.30. The first kappa shape index (κ1) is 17.1. The third kappa shape index (κ3) is 3.08. The fourth-order valence-corrected chi connectivity index (χ4v) is 3.67. The number of nitrogens with one attached hydrogen (secondary N) is 1. The van der Waals surface area contributed by atoms with Crippen LogP contribution in [-0.4, -0.2) is 16.7 Å². The predicted octanol–water partition coefficient (Wildman–Crippen LogP) is 4.70. The van der Waals surface area contributed by atoms with Gasteiger partial charge in [-0.3, -0.25) is 0 Å². The van der Waals surface area contributed by atoms with Gasteiger partial charge in [0.05, 0.1) is 5.69 Å². The van der Waals surface area contributed by atoms with Gasteiger partial charge in [-0.15, -0.1) is 0 Å². The molecule has 0 saturated heterocycles. The molecule has 132 valence electrons. The standard InChI is InChI=1S/C20H16ClF2N3/c21-12-3-4-15(18(22)10-12)14-7-9-24-11-17-13(14)5-6-16(20(17)23)19-2-1-8-25-26-19/h1-6,8,10,14,24H,7,9,11H2. The Labute approximate surface area is 155 Å². The number of benzene rings is 2. The van der Waals surface area contributed by atoms with Gasteiger partial charge in [0, 0.05) is 34.8 Å². The summed E-state index contributed by atoms with van der Waals surface area (Å²) in [4.78, 5) is 0. The van der Waals surface area contributed by atoms with Crippen LogP contribution >= 0.6 is 11.6 Å². The second-order valence-electron chi connectivity index (χ2n) is 6.29. The summed E-state index contributed by atoms with van der Waals surface area (Å²) in [5, 5.41) is 11.4. The third-order valence-corrected chi connectivity index (χ3v) is 4.99. The Morgan fingerprint density at radius 3 is 2.69 bits per heavy atom. The number of nitrogens with zero attached hydrogens (tertiary/aromatic N) is 2. The van der Waals surface area contributed by atoms with Gasteiger partial charge >= 0.3 is 0 Å². The highest BCUT2D eigenvalue weighted by Gasteiger charge is 2.26. The van der Waals surface area contributed by atoms with Crippen LogP contribution < -0.4 is 5.32 Å². The molecule has 3 aromatic rings. The lowest BCUT2D eigenvalue weighted by molar-refractivity contribution is 0.579. The third-order valence-electron chi connectivity index (χ3n) is 4.75. The summed E-state index contributed by atoms with van der Waals surface area (Å²) in [6.45, 7) is 1.06. The summed E-state index contributed by atoms with van der Waals surface area (Å²) in [5.74, 6) is -0.937. The molecule has 1 aliphatic heterocycles.